The zero-order chi connectivity index (χ0) is 15.0. The van der Waals surface area contributed by atoms with Gasteiger partial charge in [0.25, 0.3) is 5.91 Å². The molecule has 1 aromatic carbocycles. The lowest BCUT2D eigenvalue weighted by molar-refractivity contribution is -0.132. The fraction of sp³-hybridized carbons (Fsp3) is 0.562. The van der Waals surface area contributed by atoms with Gasteiger partial charge in [-0.25, -0.2) is 0 Å². The number of benzene rings is 1. The minimum Gasteiger partial charge on any atom is -0.476 e. The zero-order valence-corrected chi connectivity index (χ0v) is 12.7. The molecule has 1 amide bonds. The fourth-order valence-electron chi connectivity index (χ4n) is 2.59. The van der Waals surface area contributed by atoms with Crippen LogP contribution in [0.15, 0.2) is 18.2 Å². The van der Waals surface area contributed by atoms with Gasteiger partial charge in [-0.15, -0.1) is 0 Å². The topological polar surface area (TPSA) is 41.6 Å². The number of hydrogen-bond acceptors (Lipinski definition) is 3. The van der Waals surface area contributed by atoms with Crippen molar-refractivity contribution in [2.24, 2.45) is 0 Å². The van der Waals surface area contributed by atoms with Crippen molar-refractivity contribution in [1.29, 1.82) is 0 Å². The number of carbonyl (C=O) groups is 1. The van der Waals surface area contributed by atoms with Crippen LogP contribution in [0.1, 0.15) is 33.1 Å². The molecule has 1 N–H and O–H groups in total. The van der Waals surface area contributed by atoms with Gasteiger partial charge in [-0.05, 0) is 51.3 Å². The summed E-state index contributed by atoms with van der Waals surface area (Å²) in [4.78, 5) is 14.4. The van der Waals surface area contributed by atoms with Gasteiger partial charge >= 0.3 is 0 Å². The molecular formula is C16H21BN2O2. The van der Waals surface area contributed by atoms with E-state index in [9.17, 15) is 4.79 Å². The number of nitrogens with one attached hydrogen (secondary N) is 1. The fourth-order valence-corrected chi connectivity index (χ4v) is 2.59. The normalized spacial score (nSPS) is 19.9. The Morgan fingerprint density at radius 3 is 2.86 bits per heavy atom. The summed E-state index contributed by atoms with van der Waals surface area (Å²) in [6, 6.07) is 6.56. The van der Waals surface area contributed by atoms with Gasteiger partial charge in [-0.1, -0.05) is 6.32 Å². The van der Waals surface area contributed by atoms with E-state index < -0.39 is 5.60 Å². The summed E-state index contributed by atoms with van der Waals surface area (Å²) in [7, 11) is 5.60. The predicted octanol–water partition coefficient (Wildman–Crippen LogP) is 2.74. The Bertz CT molecular complexity index is 555. The van der Waals surface area contributed by atoms with E-state index in [0.717, 1.165) is 23.5 Å². The van der Waals surface area contributed by atoms with Crippen molar-refractivity contribution in [3.63, 3.8) is 0 Å². The van der Waals surface area contributed by atoms with Crippen molar-refractivity contribution in [3.05, 3.63) is 18.2 Å². The van der Waals surface area contributed by atoms with Gasteiger partial charge in [-0.3, -0.25) is 4.79 Å². The van der Waals surface area contributed by atoms with Crippen LogP contribution in [0.2, 0.25) is 6.32 Å². The molecule has 1 heterocycles. The molecule has 0 spiro atoms. The number of rotatable bonds is 5. The van der Waals surface area contributed by atoms with Crippen LogP contribution in [0, 0.1) is 0 Å². The van der Waals surface area contributed by atoms with E-state index in [1.54, 1.807) is 0 Å². The van der Waals surface area contributed by atoms with E-state index >= 15 is 0 Å². The molecule has 0 atom stereocenters. The average Bonchev–Trinajstić information content (AvgIpc) is 3.24. The van der Waals surface area contributed by atoms with Crippen molar-refractivity contribution in [2.75, 3.05) is 16.8 Å². The summed E-state index contributed by atoms with van der Waals surface area (Å²) in [6.07, 6.45) is 3.79. The molecule has 1 aromatic rings. The molecule has 0 unspecified atom stereocenters. The quantitative estimate of drug-likeness (QED) is 0.845. The monoisotopic (exact) mass is 284 g/mol. The van der Waals surface area contributed by atoms with Crippen LogP contribution in [0.25, 0.3) is 0 Å². The molecule has 3 rings (SSSR count). The van der Waals surface area contributed by atoms with Crippen molar-refractivity contribution >= 4 is 25.1 Å². The highest BCUT2D eigenvalue weighted by Gasteiger charge is 2.40. The van der Waals surface area contributed by atoms with Gasteiger partial charge < -0.3 is 15.0 Å². The summed E-state index contributed by atoms with van der Waals surface area (Å²) in [5, 5.41) is 3.46. The number of amides is 1. The minimum absolute atomic E-state index is 0.00739. The van der Waals surface area contributed by atoms with E-state index in [1.165, 1.54) is 12.8 Å². The molecule has 0 saturated heterocycles. The third-order valence-electron chi connectivity index (χ3n) is 3.91. The number of anilines is 2. The second-order valence-electron chi connectivity index (χ2n) is 6.31. The van der Waals surface area contributed by atoms with E-state index in [-0.39, 0.29) is 5.91 Å². The maximum Gasteiger partial charge on any atom is 0.270 e. The Hall–Kier alpha value is -1.65. The Kier molecular flexibility index (Phi) is 3.60. The highest BCUT2D eigenvalue weighted by molar-refractivity contribution is 6.08. The summed E-state index contributed by atoms with van der Waals surface area (Å²) in [5.74, 6) is 0.755. The molecule has 1 fully saturated rings. The second kappa shape index (κ2) is 5.28. The largest absolute Gasteiger partial charge is 0.476 e. The second-order valence-corrected chi connectivity index (χ2v) is 6.31. The number of hydrogen-bond donors (Lipinski definition) is 1. The molecular weight excluding hydrogens is 263 g/mol. The first kappa shape index (κ1) is 14.3. The first-order valence-electron chi connectivity index (χ1n) is 7.63. The maximum absolute atomic E-state index is 12.6. The van der Waals surface area contributed by atoms with E-state index in [4.69, 9.17) is 12.6 Å². The third kappa shape index (κ3) is 2.87. The van der Waals surface area contributed by atoms with Crippen LogP contribution in [-0.2, 0) is 4.79 Å². The SMILES string of the molecule is [B]CCCN1C(=O)C(C)(C)Oc2ccc(NC3CC3)cc21. The van der Waals surface area contributed by atoms with E-state index in [2.05, 4.69) is 5.32 Å². The van der Waals surface area contributed by atoms with Crippen molar-refractivity contribution < 1.29 is 9.53 Å². The average molecular weight is 284 g/mol. The highest BCUT2D eigenvalue weighted by Crippen LogP contribution is 2.40. The van der Waals surface area contributed by atoms with E-state index in [1.807, 2.05) is 36.9 Å². The molecule has 0 aromatic heterocycles. The summed E-state index contributed by atoms with van der Waals surface area (Å²) in [5.41, 5.74) is 1.07. The molecule has 2 radical (unpaired) electrons. The van der Waals surface area contributed by atoms with Crippen LogP contribution in [0.5, 0.6) is 5.75 Å². The minimum atomic E-state index is -0.826. The van der Waals surface area contributed by atoms with Crippen LogP contribution in [0.4, 0.5) is 11.4 Å². The summed E-state index contributed by atoms with van der Waals surface area (Å²) in [6.45, 7) is 4.25. The number of carbonyl (C=O) groups excluding carboxylic acids is 1. The summed E-state index contributed by atoms with van der Waals surface area (Å²) >= 11 is 0. The van der Waals surface area contributed by atoms with Crippen LogP contribution in [0.3, 0.4) is 0 Å². The van der Waals surface area contributed by atoms with Crippen LogP contribution >= 0.6 is 0 Å². The van der Waals surface area contributed by atoms with Gasteiger partial charge in [0, 0.05) is 18.3 Å². The Morgan fingerprint density at radius 2 is 2.19 bits per heavy atom. The van der Waals surface area contributed by atoms with Crippen molar-refractivity contribution in [1.82, 2.24) is 0 Å². The first-order valence-corrected chi connectivity index (χ1v) is 7.63. The smallest absolute Gasteiger partial charge is 0.270 e. The molecule has 1 aliphatic carbocycles. The van der Waals surface area contributed by atoms with Crippen molar-refractivity contribution in [3.8, 4) is 5.75 Å². The number of nitrogens with zero attached hydrogens (tertiary/aromatic N) is 1. The molecule has 21 heavy (non-hydrogen) atoms. The highest BCUT2D eigenvalue weighted by atomic mass is 16.5. The number of fused-ring (bicyclic) bond motifs is 1. The van der Waals surface area contributed by atoms with E-state index in [0.29, 0.717) is 18.9 Å². The predicted molar refractivity (Wildman–Crippen MR) is 85.3 cm³/mol. The van der Waals surface area contributed by atoms with Gasteiger partial charge in [0.2, 0.25) is 0 Å². The lowest BCUT2D eigenvalue weighted by Gasteiger charge is -2.39. The molecule has 1 saturated carbocycles. The van der Waals surface area contributed by atoms with Crippen LogP contribution < -0.4 is 15.0 Å². The van der Waals surface area contributed by atoms with Gasteiger partial charge in [-0.2, -0.15) is 0 Å². The first-order chi connectivity index (χ1) is 10.0. The Labute approximate surface area is 127 Å². The van der Waals surface area contributed by atoms with Gasteiger partial charge in [0.05, 0.1) is 13.5 Å². The van der Waals surface area contributed by atoms with Crippen LogP contribution in [-0.4, -0.2) is 31.9 Å². The Balaban J connectivity index is 1.92. The maximum atomic E-state index is 12.6. The summed E-state index contributed by atoms with van der Waals surface area (Å²) < 4.78 is 5.87. The number of ether oxygens (including phenoxy) is 1. The lowest BCUT2D eigenvalue weighted by Crippen LogP contribution is -2.52. The molecule has 4 nitrogen and oxygen atoms in total. The standard InChI is InChI=1S/C16H21BN2O2/c1-16(2)15(20)19(9-3-8-17)13-10-12(18-11-4-5-11)6-7-14(13)21-16/h6-7,10-11,18H,3-5,8-9H2,1-2H3. The molecule has 0 bridgehead atoms. The van der Waals surface area contributed by atoms with Gasteiger partial charge in [0.15, 0.2) is 5.60 Å². The van der Waals surface area contributed by atoms with Gasteiger partial charge in [0.1, 0.15) is 5.75 Å². The molecule has 2 aliphatic rings. The third-order valence-corrected chi connectivity index (χ3v) is 3.91. The Morgan fingerprint density at radius 1 is 1.43 bits per heavy atom. The molecule has 5 heteroatoms. The van der Waals surface area contributed by atoms with Crippen molar-refractivity contribution in [2.45, 2.75) is 51.1 Å². The lowest BCUT2D eigenvalue weighted by atomic mass is 9.99. The zero-order valence-electron chi connectivity index (χ0n) is 12.7. The molecule has 110 valence electrons. The molecule has 1 aliphatic heterocycles.